The molecule has 2 aromatic rings. The first-order valence-corrected chi connectivity index (χ1v) is 9.65. The molecule has 0 amide bonds. The third-order valence-electron chi connectivity index (χ3n) is 5.51. The van der Waals surface area contributed by atoms with Crippen molar-refractivity contribution in [3.05, 3.63) is 47.8 Å². The van der Waals surface area contributed by atoms with Gasteiger partial charge in [-0.05, 0) is 45.0 Å². The third-order valence-corrected chi connectivity index (χ3v) is 5.51. The molecule has 1 aromatic heterocycles. The Bertz CT molecular complexity index is 699. The Morgan fingerprint density at radius 3 is 2.81 bits per heavy atom. The van der Waals surface area contributed by atoms with Crippen LogP contribution in [-0.4, -0.2) is 53.4 Å². The van der Waals surface area contributed by atoms with E-state index >= 15 is 0 Å². The molecule has 1 aliphatic rings. The highest BCUT2D eigenvalue weighted by Gasteiger charge is 2.33. The Morgan fingerprint density at radius 1 is 1.31 bits per heavy atom. The number of ether oxygens (including phenoxy) is 1. The topological polar surface area (TPSA) is 33.5 Å². The van der Waals surface area contributed by atoms with E-state index in [1.807, 2.05) is 30.1 Å². The second kappa shape index (κ2) is 8.69. The lowest BCUT2D eigenvalue weighted by Crippen LogP contribution is -2.42. The maximum atomic E-state index is 5.52. The first kappa shape index (κ1) is 18.9. The average molecular weight is 357 g/mol. The third kappa shape index (κ3) is 4.27. The van der Waals surface area contributed by atoms with Crippen LogP contribution in [0.15, 0.2) is 36.7 Å². The molecule has 0 spiro atoms. The van der Waals surface area contributed by atoms with Crippen LogP contribution in [0.5, 0.6) is 5.75 Å². The second-order valence-electron chi connectivity index (χ2n) is 7.43. The molecule has 26 heavy (non-hydrogen) atoms. The minimum Gasteiger partial charge on any atom is -0.496 e. The summed E-state index contributed by atoms with van der Waals surface area (Å²) in [6.07, 6.45) is 6.78. The fourth-order valence-corrected chi connectivity index (χ4v) is 4.36. The molecule has 1 saturated heterocycles. The predicted molar refractivity (Wildman–Crippen MR) is 105 cm³/mol. The van der Waals surface area contributed by atoms with Gasteiger partial charge in [0.1, 0.15) is 5.75 Å². The van der Waals surface area contributed by atoms with Gasteiger partial charge in [-0.1, -0.05) is 25.1 Å². The highest BCUT2D eigenvalue weighted by Crippen LogP contribution is 2.36. The fourth-order valence-electron chi connectivity index (χ4n) is 4.36. The Morgan fingerprint density at radius 2 is 2.12 bits per heavy atom. The van der Waals surface area contributed by atoms with Crippen LogP contribution < -0.4 is 4.74 Å². The minimum absolute atomic E-state index is 0.461. The van der Waals surface area contributed by atoms with Crippen LogP contribution in [0.4, 0.5) is 0 Å². The second-order valence-corrected chi connectivity index (χ2v) is 7.43. The maximum absolute atomic E-state index is 5.52. The van der Waals surface area contributed by atoms with Gasteiger partial charge < -0.3 is 9.64 Å². The van der Waals surface area contributed by atoms with Crippen LogP contribution in [0.3, 0.4) is 0 Å². The fraction of sp³-hybridized carbons (Fsp3) is 0.571. The number of hydrogen-bond acceptors (Lipinski definition) is 4. The highest BCUT2D eigenvalue weighted by molar-refractivity contribution is 5.33. The van der Waals surface area contributed by atoms with Gasteiger partial charge in [0, 0.05) is 43.5 Å². The largest absolute Gasteiger partial charge is 0.496 e. The standard InChI is InChI=1S/C21H32N4O/c1-5-25-12-8-10-18(21(25)19-13-22-24(3)16-19)15-23(2)14-17-9-6-7-11-20(17)26-4/h6-7,9,11,13,16,18,21H,5,8,10,12,14-15H2,1-4H3/t18-,21+/m0/s1. The van der Waals surface area contributed by atoms with E-state index in [1.165, 1.54) is 30.5 Å². The number of piperidine rings is 1. The lowest BCUT2D eigenvalue weighted by Gasteiger charge is -2.42. The van der Waals surface area contributed by atoms with E-state index in [9.17, 15) is 0 Å². The Hall–Kier alpha value is -1.85. The monoisotopic (exact) mass is 356 g/mol. The van der Waals surface area contributed by atoms with Gasteiger partial charge >= 0.3 is 0 Å². The normalized spacial score (nSPS) is 21.3. The first-order chi connectivity index (χ1) is 12.6. The maximum Gasteiger partial charge on any atom is 0.123 e. The zero-order valence-electron chi connectivity index (χ0n) is 16.6. The lowest BCUT2D eigenvalue weighted by atomic mass is 9.85. The summed E-state index contributed by atoms with van der Waals surface area (Å²) in [5, 5.41) is 4.42. The summed E-state index contributed by atoms with van der Waals surface area (Å²) < 4.78 is 7.44. The summed E-state index contributed by atoms with van der Waals surface area (Å²) in [4.78, 5) is 5.05. The molecule has 2 atom stereocenters. The number of hydrogen-bond donors (Lipinski definition) is 0. The molecule has 142 valence electrons. The number of nitrogens with zero attached hydrogens (tertiary/aromatic N) is 4. The van der Waals surface area contributed by atoms with Gasteiger partial charge in [0.25, 0.3) is 0 Å². The van der Waals surface area contributed by atoms with Gasteiger partial charge in [0.15, 0.2) is 0 Å². The van der Waals surface area contributed by atoms with Crippen molar-refractivity contribution in [1.82, 2.24) is 19.6 Å². The number of aromatic nitrogens is 2. The van der Waals surface area contributed by atoms with Gasteiger partial charge in [-0.2, -0.15) is 5.10 Å². The summed E-state index contributed by atoms with van der Waals surface area (Å²) in [5.74, 6) is 1.59. The highest BCUT2D eigenvalue weighted by atomic mass is 16.5. The molecule has 0 N–H and O–H groups in total. The molecule has 0 saturated carbocycles. The Balaban J connectivity index is 1.73. The van der Waals surface area contributed by atoms with Gasteiger partial charge in [-0.15, -0.1) is 0 Å². The van der Waals surface area contributed by atoms with Gasteiger partial charge in [-0.25, -0.2) is 0 Å². The SMILES string of the molecule is CCN1CCC[C@@H](CN(C)Cc2ccccc2OC)[C@@H]1c1cnn(C)c1. The van der Waals surface area contributed by atoms with Crippen molar-refractivity contribution >= 4 is 0 Å². The number of para-hydroxylation sites is 1. The predicted octanol–water partition coefficient (Wildman–Crippen LogP) is 3.33. The molecule has 0 bridgehead atoms. The lowest BCUT2D eigenvalue weighted by molar-refractivity contribution is 0.0747. The Kier molecular flexibility index (Phi) is 6.33. The molecular formula is C21H32N4O. The molecular weight excluding hydrogens is 324 g/mol. The van der Waals surface area contributed by atoms with Crippen molar-refractivity contribution in [3.63, 3.8) is 0 Å². The molecule has 5 nitrogen and oxygen atoms in total. The summed E-state index contributed by atoms with van der Waals surface area (Å²) >= 11 is 0. The molecule has 0 unspecified atom stereocenters. The van der Waals surface area contributed by atoms with E-state index in [4.69, 9.17) is 4.74 Å². The molecule has 2 heterocycles. The molecule has 0 radical (unpaired) electrons. The van der Waals surface area contributed by atoms with Crippen LogP contribution in [0.2, 0.25) is 0 Å². The summed E-state index contributed by atoms with van der Waals surface area (Å²) in [6, 6.07) is 8.78. The molecule has 1 fully saturated rings. The molecule has 3 rings (SSSR count). The van der Waals surface area contributed by atoms with Crippen LogP contribution >= 0.6 is 0 Å². The number of rotatable bonds is 7. The zero-order chi connectivity index (χ0) is 18.5. The number of benzene rings is 1. The van der Waals surface area contributed by atoms with Crippen molar-refractivity contribution < 1.29 is 4.74 Å². The number of aryl methyl sites for hydroxylation is 1. The van der Waals surface area contributed by atoms with Crippen LogP contribution in [-0.2, 0) is 13.6 Å². The zero-order valence-corrected chi connectivity index (χ0v) is 16.6. The van der Waals surface area contributed by atoms with Gasteiger partial charge in [0.2, 0.25) is 0 Å². The van der Waals surface area contributed by atoms with E-state index in [-0.39, 0.29) is 0 Å². The quantitative estimate of drug-likeness (QED) is 0.762. The number of likely N-dealkylation sites (tertiary alicyclic amines) is 1. The van der Waals surface area contributed by atoms with Crippen molar-refractivity contribution in [2.75, 3.05) is 33.8 Å². The molecule has 1 aromatic carbocycles. The summed E-state index contributed by atoms with van der Waals surface area (Å²) in [7, 11) is 5.97. The van der Waals surface area contributed by atoms with E-state index in [2.05, 4.69) is 47.2 Å². The molecule has 5 heteroatoms. The minimum atomic E-state index is 0.461. The van der Waals surface area contributed by atoms with E-state index in [1.54, 1.807) is 7.11 Å². The first-order valence-electron chi connectivity index (χ1n) is 9.65. The molecule has 1 aliphatic heterocycles. The Labute approximate surface area is 157 Å². The average Bonchev–Trinajstić information content (AvgIpc) is 3.07. The van der Waals surface area contributed by atoms with Crippen LogP contribution in [0, 0.1) is 5.92 Å². The van der Waals surface area contributed by atoms with Crippen molar-refractivity contribution in [2.24, 2.45) is 13.0 Å². The summed E-state index contributed by atoms with van der Waals surface area (Å²) in [5.41, 5.74) is 2.60. The van der Waals surface area contributed by atoms with Crippen molar-refractivity contribution in [1.29, 1.82) is 0 Å². The van der Waals surface area contributed by atoms with Crippen LogP contribution in [0.1, 0.15) is 36.9 Å². The van der Waals surface area contributed by atoms with Crippen molar-refractivity contribution in [3.8, 4) is 5.75 Å². The van der Waals surface area contributed by atoms with Gasteiger partial charge in [-0.3, -0.25) is 9.58 Å². The number of methoxy groups -OCH3 is 1. The smallest absolute Gasteiger partial charge is 0.123 e. The van der Waals surface area contributed by atoms with E-state index < -0.39 is 0 Å². The van der Waals surface area contributed by atoms with Gasteiger partial charge in [0.05, 0.1) is 13.3 Å². The summed E-state index contributed by atoms with van der Waals surface area (Å²) in [6.45, 7) is 6.53. The van der Waals surface area contributed by atoms with Crippen LogP contribution in [0.25, 0.3) is 0 Å². The molecule has 0 aliphatic carbocycles. The van der Waals surface area contributed by atoms with E-state index in [0.29, 0.717) is 12.0 Å². The van der Waals surface area contributed by atoms with Crippen molar-refractivity contribution in [2.45, 2.75) is 32.4 Å². The van der Waals surface area contributed by atoms with E-state index in [0.717, 1.165) is 25.4 Å².